The van der Waals surface area contributed by atoms with E-state index < -0.39 is 12.2 Å². The van der Waals surface area contributed by atoms with E-state index in [4.69, 9.17) is 4.74 Å². The summed E-state index contributed by atoms with van der Waals surface area (Å²) in [6.07, 6.45) is 14.8. The minimum absolute atomic E-state index is 0.00934. The predicted molar refractivity (Wildman–Crippen MR) is 297 cm³/mol. The molecule has 0 spiro atoms. The summed E-state index contributed by atoms with van der Waals surface area (Å²) in [4.78, 5) is 56.0. The number of nitrogens with one attached hydrogen (secondary N) is 3. The summed E-state index contributed by atoms with van der Waals surface area (Å²) in [5.74, 6) is 2.38. The van der Waals surface area contributed by atoms with Gasteiger partial charge in [-0.05, 0) is 157 Å². The molecule has 3 amide bonds. The van der Waals surface area contributed by atoms with Gasteiger partial charge in [0.1, 0.15) is 35.8 Å². The average molecular weight is 1030 g/mol. The van der Waals surface area contributed by atoms with Gasteiger partial charge in [0, 0.05) is 67.4 Å². The molecule has 16 nitrogen and oxygen atoms in total. The van der Waals surface area contributed by atoms with Gasteiger partial charge in [-0.2, -0.15) is 0 Å². The molecule has 3 atom stereocenters. The lowest BCUT2D eigenvalue weighted by atomic mass is 9.93. The highest BCUT2D eigenvalue weighted by atomic mass is 16.5. The zero-order valence-corrected chi connectivity index (χ0v) is 43.4. The molecule has 3 aromatic carbocycles. The van der Waals surface area contributed by atoms with Crippen molar-refractivity contribution in [3.63, 3.8) is 0 Å². The van der Waals surface area contributed by atoms with Crippen LogP contribution in [0.5, 0.6) is 11.5 Å². The van der Waals surface area contributed by atoms with Crippen molar-refractivity contribution in [1.29, 1.82) is 0 Å². The van der Waals surface area contributed by atoms with Crippen LogP contribution < -0.4 is 20.7 Å². The van der Waals surface area contributed by atoms with Gasteiger partial charge in [0.15, 0.2) is 0 Å². The molecule has 3 saturated heterocycles. The molecular weight excluding hydrogens is 959 g/mol. The third-order valence-corrected chi connectivity index (χ3v) is 14.0. The quantitative estimate of drug-likeness (QED) is 0.0511. The number of piperidine rings is 3. The highest BCUT2D eigenvalue weighted by molar-refractivity contribution is 5.93. The molecule has 16 heteroatoms. The molecule has 3 aliphatic rings. The van der Waals surface area contributed by atoms with E-state index in [1.807, 2.05) is 85.8 Å². The highest BCUT2D eigenvalue weighted by Crippen LogP contribution is 2.28. The van der Waals surface area contributed by atoms with Crippen LogP contribution in [0.3, 0.4) is 0 Å². The number of pyridine rings is 3. The number of phenolic OH excluding ortho intramolecular Hbond substituents is 1. The van der Waals surface area contributed by atoms with Crippen molar-refractivity contribution in [3.05, 3.63) is 175 Å². The van der Waals surface area contributed by atoms with Crippen LogP contribution in [0.1, 0.15) is 62.7 Å². The number of benzene rings is 3. The zero-order valence-electron chi connectivity index (χ0n) is 43.4. The number of hydrogen-bond donors (Lipinski definition) is 6. The maximum Gasteiger partial charge on any atom is 0.228 e. The van der Waals surface area contributed by atoms with Gasteiger partial charge < -0.3 is 40.9 Å². The van der Waals surface area contributed by atoms with Crippen LogP contribution in [-0.4, -0.2) is 134 Å². The van der Waals surface area contributed by atoms with E-state index in [-0.39, 0.29) is 53.9 Å². The Morgan fingerprint density at radius 2 is 1.11 bits per heavy atom. The number of aromatic nitrogens is 3. The van der Waals surface area contributed by atoms with Crippen molar-refractivity contribution in [2.45, 2.75) is 63.7 Å². The monoisotopic (exact) mass is 1030 g/mol. The molecule has 0 saturated carbocycles. The van der Waals surface area contributed by atoms with Gasteiger partial charge in [-0.15, -0.1) is 0 Å². The summed E-state index contributed by atoms with van der Waals surface area (Å²) >= 11 is 0. The molecule has 0 radical (unpaired) electrons. The van der Waals surface area contributed by atoms with Crippen LogP contribution in [-0.2, 0) is 14.4 Å². The first-order valence-electron chi connectivity index (χ1n) is 26.4. The van der Waals surface area contributed by atoms with E-state index in [9.17, 15) is 29.7 Å². The van der Waals surface area contributed by atoms with E-state index >= 15 is 0 Å². The maximum atomic E-state index is 12.4. The zero-order chi connectivity index (χ0) is 53.3. The fourth-order valence-corrected chi connectivity index (χ4v) is 9.45. The molecule has 3 fully saturated rings. The van der Waals surface area contributed by atoms with Crippen molar-refractivity contribution in [2.75, 3.05) is 74.9 Å². The normalized spacial score (nSPS) is 17.1. The van der Waals surface area contributed by atoms with Gasteiger partial charge in [0.05, 0.1) is 6.10 Å². The Bertz CT molecular complexity index is 2630. The predicted octanol–water partition coefficient (Wildman–Crippen LogP) is 8.18. The van der Waals surface area contributed by atoms with Crippen LogP contribution in [0, 0.1) is 17.8 Å². The van der Waals surface area contributed by atoms with Crippen molar-refractivity contribution < 1.29 is 34.4 Å². The summed E-state index contributed by atoms with van der Waals surface area (Å²) in [5.41, 5.74) is 2.79. The number of rotatable bonds is 17. The number of ether oxygens (including phenoxy) is 1. The van der Waals surface area contributed by atoms with Crippen molar-refractivity contribution in [3.8, 4) is 11.5 Å². The van der Waals surface area contributed by atoms with E-state index in [1.54, 1.807) is 67.3 Å². The van der Waals surface area contributed by atoms with Crippen molar-refractivity contribution in [1.82, 2.24) is 29.7 Å². The van der Waals surface area contributed by atoms with Gasteiger partial charge in [-0.1, -0.05) is 84.9 Å². The summed E-state index contributed by atoms with van der Waals surface area (Å²) in [6.45, 7) is 8.80. The second-order valence-electron chi connectivity index (χ2n) is 19.5. The molecule has 6 aromatic rings. The summed E-state index contributed by atoms with van der Waals surface area (Å²) in [5, 5.41) is 38.9. The second kappa shape index (κ2) is 30.3. The Kier molecular flexibility index (Phi) is 22.5. The lowest BCUT2D eigenvalue weighted by Crippen LogP contribution is -2.44. The number of β-amino-alcohol motifs (C(OH)–C–C–N with tert-alkyl or cyclic N) is 1. The van der Waals surface area contributed by atoms with Crippen LogP contribution in [0.2, 0.25) is 0 Å². The number of anilines is 3. The molecule has 3 aliphatic heterocycles. The Balaban J connectivity index is 0.000000166. The first-order chi connectivity index (χ1) is 37.1. The minimum atomic E-state index is -0.630. The van der Waals surface area contributed by atoms with E-state index in [1.165, 1.54) is 5.56 Å². The summed E-state index contributed by atoms with van der Waals surface area (Å²) < 4.78 is 5.59. The number of carbonyl (C=O) groups excluding carboxylic acids is 3. The molecule has 0 bridgehead atoms. The topological polar surface area (TPSA) is 206 Å². The van der Waals surface area contributed by atoms with Crippen molar-refractivity contribution in [2.24, 2.45) is 17.8 Å². The van der Waals surface area contributed by atoms with Crippen LogP contribution in [0.25, 0.3) is 6.08 Å². The number of para-hydroxylation sites is 1. The van der Waals surface area contributed by atoms with Gasteiger partial charge in [0.2, 0.25) is 17.7 Å². The van der Waals surface area contributed by atoms with Gasteiger partial charge in [-0.3, -0.25) is 29.2 Å². The molecule has 3 aromatic heterocycles. The van der Waals surface area contributed by atoms with E-state index in [2.05, 4.69) is 69.9 Å². The molecule has 6 heterocycles. The van der Waals surface area contributed by atoms with Gasteiger partial charge in [0.25, 0.3) is 0 Å². The third-order valence-electron chi connectivity index (χ3n) is 14.0. The minimum Gasteiger partial charge on any atom is -0.508 e. The highest BCUT2D eigenvalue weighted by Gasteiger charge is 2.31. The second-order valence-corrected chi connectivity index (χ2v) is 19.5. The Labute approximate surface area is 446 Å². The van der Waals surface area contributed by atoms with Gasteiger partial charge >= 0.3 is 0 Å². The Hall–Kier alpha value is -7.34. The molecule has 6 N–H and O–H groups in total. The van der Waals surface area contributed by atoms with Crippen molar-refractivity contribution >= 4 is 41.1 Å². The molecule has 400 valence electrons. The number of likely N-dealkylation sites (tertiary alicyclic amines) is 3. The van der Waals surface area contributed by atoms with Crippen LogP contribution in [0.15, 0.2) is 164 Å². The first-order valence-corrected chi connectivity index (χ1v) is 26.4. The fraction of sp³-hybridized carbons (Fsp3) is 0.367. The Morgan fingerprint density at radius 1 is 0.605 bits per heavy atom. The molecule has 3 unspecified atom stereocenters. The molecule has 0 aliphatic carbocycles. The van der Waals surface area contributed by atoms with Gasteiger partial charge in [-0.25, -0.2) is 9.97 Å². The number of nitrogens with zero attached hydrogens (tertiary/aromatic N) is 6. The number of aliphatic hydroxyl groups excluding tert-OH is 2. The average Bonchev–Trinajstić information content (AvgIpc) is 3.46. The Morgan fingerprint density at radius 3 is 1.64 bits per heavy atom. The van der Waals surface area contributed by atoms with Crippen LogP contribution >= 0.6 is 0 Å². The SMILES string of the molecule is CC(C(O)c1ccc(O)cc1)N1CCC(C(=O)Nc2ccccn2)CC1.O=C(Nc1ccccn1)C1CCN(CC=Cc2ccccc2)CC1.O=C(Nc1ccncc1)C1CCN(CC(O)COc2ccccc2)CC1. The number of amides is 3. The summed E-state index contributed by atoms with van der Waals surface area (Å²) in [6, 6.07) is 41.0. The molecule has 76 heavy (non-hydrogen) atoms. The maximum absolute atomic E-state index is 12.4. The lowest BCUT2D eigenvalue weighted by Gasteiger charge is -2.37. The third kappa shape index (κ3) is 18.8. The fourth-order valence-electron chi connectivity index (χ4n) is 9.45. The number of phenols is 1. The lowest BCUT2D eigenvalue weighted by molar-refractivity contribution is -0.122. The molecular formula is C60H73N9O7. The first kappa shape index (κ1) is 56.4. The van der Waals surface area contributed by atoms with Crippen LogP contribution in [0.4, 0.5) is 17.3 Å². The number of carbonyl (C=O) groups is 3. The largest absolute Gasteiger partial charge is 0.508 e. The number of aromatic hydroxyl groups is 1. The molecule has 9 rings (SSSR count). The van der Waals surface area contributed by atoms with E-state index in [0.29, 0.717) is 18.2 Å². The number of hydrogen-bond acceptors (Lipinski definition) is 13. The smallest absolute Gasteiger partial charge is 0.228 e. The summed E-state index contributed by atoms with van der Waals surface area (Å²) in [7, 11) is 0. The standard InChI is InChI=1S/2C20H25N3O3.C20H23N3O/c1-14(19(25)15-5-7-17(24)8-6-15)23-12-9-16(10-13-23)20(26)22-18-4-2-3-11-21-18;24-18(15-26-19-4-2-1-3-5-19)14-23-12-8-16(9-13-23)20(25)22-17-6-10-21-11-7-17;24-20(22-19-10-4-5-13-21-19)18-11-15-23(16-12-18)14-6-9-17-7-2-1-3-8-17/h2-8,11,14,16,19,24-25H,9-10,12-13H2,1H3,(H,21,22,26);1-7,10-11,16,18,24H,8-9,12-15H2,(H,21,22,25);1-10,13,18H,11-12,14-16H2,(H,21,22,24). The van der Waals surface area contributed by atoms with E-state index in [0.717, 1.165) is 101 Å². The number of aliphatic hydroxyl groups is 2.